The van der Waals surface area contributed by atoms with E-state index in [1.54, 1.807) is 20.0 Å². The van der Waals surface area contributed by atoms with E-state index in [9.17, 15) is 9.59 Å². The Hall–Kier alpha value is -1.36. The molecular weight excluding hydrogens is 222 g/mol. The summed E-state index contributed by atoms with van der Waals surface area (Å²) in [5.41, 5.74) is 0. The molecule has 98 valence electrons. The van der Waals surface area contributed by atoms with Gasteiger partial charge in [-0.25, -0.2) is 0 Å². The lowest BCUT2D eigenvalue weighted by atomic mass is 10.1. The zero-order valence-corrected chi connectivity index (χ0v) is 10.5. The fraction of sp³-hybridized carbons (Fsp3) is 0.667. The lowest BCUT2D eigenvalue weighted by Gasteiger charge is -2.19. The molecule has 17 heavy (non-hydrogen) atoms. The van der Waals surface area contributed by atoms with Crippen LogP contribution in [0.1, 0.15) is 19.8 Å². The van der Waals surface area contributed by atoms with Gasteiger partial charge in [0.05, 0.1) is 12.5 Å². The second-order valence-electron chi connectivity index (χ2n) is 3.98. The monoisotopic (exact) mass is 243 g/mol. The number of carboxylic acid groups (broad SMARTS) is 1. The van der Waals surface area contributed by atoms with Crippen LogP contribution in [-0.4, -0.2) is 48.7 Å². The Labute approximate surface area is 102 Å². The smallest absolute Gasteiger partial charge is 0.308 e. The first kappa shape index (κ1) is 15.6. The van der Waals surface area contributed by atoms with Gasteiger partial charge in [0.25, 0.3) is 0 Å². The van der Waals surface area contributed by atoms with E-state index in [1.165, 1.54) is 4.90 Å². The topological polar surface area (TPSA) is 66.8 Å². The summed E-state index contributed by atoms with van der Waals surface area (Å²) in [6, 6.07) is 0. The molecule has 0 radical (unpaired) electrons. The van der Waals surface area contributed by atoms with Crippen LogP contribution in [0.5, 0.6) is 0 Å². The van der Waals surface area contributed by atoms with Gasteiger partial charge < -0.3 is 14.7 Å². The van der Waals surface area contributed by atoms with E-state index in [2.05, 4.69) is 6.58 Å². The van der Waals surface area contributed by atoms with Gasteiger partial charge in [-0.1, -0.05) is 13.0 Å². The molecule has 0 bridgehead atoms. The molecular formula is C12H21NO4. The number of aliphatic carboxylic acids is 1. The number of carbonyl (C=O) groups is 2. The first-order valence-electron chi connectivity index (χ1n) is 5.64. The predicted molar refractivity (Wildman–Crippen MR) is 64.7 cm³/mol. The highest BCUT2D eigenvalue weighted by atomic mass is 16.5. The van der Waals surface area contributed by atoms with E-state index in [-0.39, 0.29) is 12.5 Å². The van der Waals surface area contributed by atoms with Crippen LogP contribution >= 0.6 is 0 Å². The Morgan fingerprint density at radius 3 is 2.71 bits per heavy atom. The van der Waals surface area contributed by atoms with Crippen LogP contribution in [-0.2, 0) is 14.3 Å². The highest BCUT2D eigenvalue weighted by Gasteiger charge is 2.16. The first-order chi connectivity index (χ1) is 7.99. The van der Waals surface area contributed by atoms with Crippen LogP contribution in [0.2, 0.25) is 0 Å². The average molecular weight is 243 g/mol. The van der Waals surface area contributed by atoms with Gasteiger partial charge in [-0.2, -0.15) is 0 Å². The number of nitrogens with zero attached hydrogens (tertiary/aromatic N) is 1. The molecule has 0 aliphatic carbocycles. The molecule has 0 fully saturated rings. The minimum Gasteiger partial charge on any atom is -0.481 e. The molecule has 0 aliphatic heterocycles. The largest absolute Gasteiger partial charge is 0.481 e. The number of ether oxygens (including phenoxy) is 1. The number of rotatable bonds is 9. The van der Waals surface area contributed by atoms with Gasteiger partial charge in [0.2, 0.25) is 5.91 Å². The van der Waals surface area contributed by atoms with Gasteiger partial charge in [0.15, 0.2) is 0 Å². The second kappa shape index (κ2) is 8.75. The molecule has 5 heteroatoms. The molecule has 0 spiro atoms. The van der Waals surface area contributed by atoms with Crippen LogP contribution in [0.25, 0.3) is 0 Å². The summed E-state index contributed by atoms with van der Waals surface area (Å²) in [5.74, 6) is -1.49. The molecule has 0 aromatic heterocycles. The molecule has 5 nitrogen and oxygen atoms in total. The fourth-order valence-electron chi connectivity index (χ4n) is 1.27. The standard InChI is InChI=1S/C12H21NO4/c1-4-7-17-8-5-6-11(14)13(3)9-10(2)12(15)16/h4,10H,1,5-9H2,2-3H3,(H,15,16). The van der Waals surface area contributed by atoms with E-state index >= 15 is 0 Å². The molecule has 1 unspecified atom stereocenters. The van der Waals surface area contributed by atoms with E-state index in [4.69, 9.17) is 9.84 Å². The van der Waals surface area contributed by atoms with Gasteiger partial charge in [-0.05, 0) is 6.42 Å². The molecule has 0 aromatic rings. The van der Waals surface area contributed by atoms with E-state index in [0.29, 0.717) is 26.1 Å². The predicted octanol–water partition coefficient (Wildman–Crippen LogP) is 1.15. The molecule has 0 aromatic carbocycles. The van der Waals surface area contributed by atoms with Crippen molar-refractivity contribution < 1.29 is 19.4 Å². The van der Waals surface area contributed by atoms with Crippen molar-refractivity contribution in [3.05, 3.63) is 12.7 Å². The molecule has 0 aliphatic rings. The van der Waals surface area contributed by atoms with Gasteiger partial charge in [-0.3, -0.25) is 9.59 Å². The van der Waals surface area contributed by atoms with Gasteiger partial charge in [0, 0.05) is 26.6 Å². The molecule has 1 atom stereocenters. The maximum Gasteiger partial charge on any atom is 0.308 e. The first-order valence-corrected chi connectivity index (χ1v) is 5.64. The molecule has 0 saturated carbocycles. The molecule has 1 amide bonds. The van der Waals surface area contributed by atoms with Crippen LogP contribution in [0.3, 0.4) is 0 Å². The van der Waals surface area contributed by atoms with Crippen molar-refractivity contribution in [3.63, 3.8) is 0 Å². The van der Waals surface area contributed by atoms with E-state index < -0.39 is 11.9 Å². The van der Waals surface area contributed by atoms with Crippen molar-refractivity contribution in [1.82, 2.24) is 4.90 Å². The number of carboxylic acids is 1. The van der Waals surface area contributed by atoms with Crippen LogP contribution in [0.15, 0.2) is 12.7 Å². The Morgan fingerprint density at radius 1 is 1.53 bits per heavy atom. The van der Waals surface area contributed by atoms with Crippen molar-refractivity contribution in [2.45, 2.75) is 19.8 Å². The third kappa shape index (κ3) is 7.52. The minimum atomic E-state index is -0.890. The molecule has 0 saturated heterocycles. The normalized spacial score (nSPS) is 11.9. The summed E-state index contributed by atoms with van der Waals surface area (Å²) in [4.78, 5) is 23.7. The third-order valence-electron chi connectivity index (χ3n) is 2.31. The van der Waals surface area contributed by atoms with Crippen molar-refractivity contribution >= 4 is 11.9 Å². The Balaban J connectivity index is 3.74. The summed E-state index contributed by atoms with van der Waals surface area (Å²) in [6.07, 6.45) is 2.67. The summed E-state index contributed by atoms with van der Waals surface area (Å²) in [5, 5.41) is 8.72. The molecule has 0 rings (SSSR count). The van der Waals surface area contributed by atoms with E-state index in [0.717, 1.165) is 0 Å². The number of amides is 1. The Kier molecular flexibility index (Phi) is 8.05. The number of hydrogen-bond acceptors (Lipinski definition) is 3. The van der Waals surface area contributed by atoms with Crippen LogP contribution in [0.4, 0.5) is 0 Å². The Bertz CT molecular complexity index is 265. The fourth-order valence-corrected chi connectivity index (χ4v) is 1.27. The summed E-state index contributed by atoms with van der Waals surface area (Å²) >= 11 is 0. The lowest BCUT2D eigenvalue weighted by Crippen LogP contribution is -2.33. The molecule has 1 N–H and O–H groups in total. The van der Waals surface area contributed by atoms with Crippen molar-refractivity contribution in [2.24, 2.45) is 5.92 Å². The SMILES string of the molecule is C=CCOCCCC(=O)N(C)CC(C)C(=O)O. The summed E-state index contributed by atoms with van der Waals surface area (Å²) in [6.45, 7) is 6.34. The Morgan fingerprint density at radius 2 is 2.18 bits per heavy atom. The van der Waals surface area contributed by atoms with Crippen molar-refractivity contribution in [2.75, 3.05) is 26.8 Å². The van der Waals surface area contributed by atoms with Crippen molar-refractivity contribution in [3.8, 4) is 0 Å². The lowest BCUT2D eigenvalue weighted by molar-refractivity contribution is -0.142. The number of hydrogen-bond donors (Lipinski definition) is 1. The second-order valence-corrected chi connectivity index (χ2v) is 3.98. The third-order valence-corrected chi connectivity index (χ3v) is 2.31. The van der Waals surface area contributed by atoms with E-state index in [1.807, 2.05) is 0 Å². The van der Waals surface area contributed by atoms with Crippen molar-refractivity contribution in [1.29, 1.82) is 0 Å². The average Bonchev–Trinajstić information content (AvgIpc) is 2.28. The van der Waals surface area contributed by atoms with Crippen LogP contribution in [0, 0.1) is 5.92 Å². The van der Waals surface area contributed by atoms with Gasteiger partial charge >= 0.3 is 5.97 Å². The molecule has 0 heterocycles. The summed E-state index contributed by atoms with van der Waals surface area (Å²) < 4.78 is 5.15. The highest BCUT2D eigenvalue weighted by molar-refractivity contribution is 5.77. The van der Waals surface area contributed by atoms with Gasteiger partial charge in [0.1, 0.15) is 0 Å². The number of carbonyl (C=O) groups excluding carboxylic acids is 1. The maximum absolute atomic E-state index is 11.6. The van der Waals surface area contributed by atoms with Crippen LogP contribution < -0.4 is 0 Å². The quantitative estimate of drug-likeness (QED) is 0.487. The minimum absolute atomic E-state index is 0.0553. The maximum atomic E-state index is 11.6. The highest BCUT2D eigenvalue weighted by Crippen LogP contribution is 2.02. The zero-order valence-electron chi connectivity index (χ0n) is 10.5. The summed E-state index contributed by atoms with van der Waals surface area (Å²) in [7, 11) is 1.62. The zero-order chi connectivity index (χ0) is 13.3. The van der Waals surface area contributed by atoms with Gasteiger partial charge in [-0.15, -0.1) is 6.58 Å².